The van der Waals surface area contributed by atoms with E-state index in [1.54, 1.807) is 22.7 Å². The van der Waals surface area contributed by atoms with Gasteiger partial charge >= 0.3 is 5.97 Å². The largest absolute Gasteiger partial charge is 0.465 e. The number of rotatable bonds is 14. The number of allylic oxidation sites excluding steroid dienone is 1. The minimum Gasteiger partial charge on any atom is -0.465 e. The number of fused-ring (bicyclic) bond motifs is 1. The SMILES string of the molecule is C=CCCCCOC(=O)[C@H]1[C@H]2C(=O)N(CCCCO)C(C(=O)N(CC=C)C3CCCCC3)C23CC[C@]1(C)S3. The van der Waals surface area contributed by atoms with Gasteiger partial charge in [-0.15, -0.1) is 24.9 Å². The number of amides is 2. The molecule has 1 N–H and O–H groups in total. The van der Waals surface area contributed by atoms with Crippen LogP contribution in [0, 0.1) is 11.8 Å². The summed E-state index contributed by atoms with van der Waals surface area (Å²) in [5, 5.41) is 9.40. The molecule has 0 aromatic rings. The summed E-state index contributed by atoms with van der Waals surface area (Å²) in [5.41, 5.74) is 0. The van der Waals surface area contributed by atoms with E-state index in [9.17, 15) is 19.5 Å². The fourth-order valence-corrected chi connectivity index (χ4v) is 9.80. The fourth-order valence-electron chi connectivity index (χ4n) is 7.46. The number of hydrogen-bond acceptors (Lipinski definition) is 6. The zero-order chi connectivity index (χ0) is 27.3. The monoisotopic (exact) mass is 546 g/mol. The maximum absolute atomic E-state index is 14.5. The Morgan fingerprint density at radius 3 is 2.58 bits per heavy atom. The Balaban J connectivity index is 1.63. The van der Waals surface area contributed by atoms with Gasteiger partial charge in [0, 0.05) is 30.5 Å². The lowest BCUT2D eigenvalue weighted by atomic mass is 9.66. The van der Waals surface area contributed by atoms with Crippen molar-refractivity contribution in [3.63, 3.8) is 0 Å². The van der Waals surface area contributed by atoms with E-state index >= 15 is 0 Å². The molecule has 5 atom stereocenters. The number of carbonyl (C=O) groups excluding carboxylic acids is 3. The van der Waals surface area contributed by atoms with Crippen molar-refractivity contribution in [1.29, 1.82) is 0 Å². The van der Waals surface area contributed by atoms with Crippen LogP contribution in [0.5, 0.6) is 0 Å². The van der Waals surface area contributed by atoms with Crippen LogP contribution in [0.4, 0.5) is 0 Å². The molecule has 2 amide bonds. The van der Waals surface area contributed by atoms with E-state index in [1.165, 1.54) is 6.42 Å². The molecule has 7 nitrogen and oxygen atoms in total. The molecule has 2 bridgehead atoms. The molecule has 0 aromatic carbocycles. The number of likely N-dealkylation sites (tertiary alicyclic amines) is 1. The van der Waals surface area contributed by atoms with Gasteiger partial charge < -0.3 is 19.6 Å². The Morgan fingerprint density at radius 2 is 1.89 bits per heavy atom. The van der Waals surface area contributed by atoms with Crippen molar-refractivity contribution in [3.05, 3.63) is 25.3 Å². The Labute approximate surface area is 232 Å². The second kappa shape index (κ2) is 12.6. The number of aliphatic hydroxyl groups excluding tert-OH is 1. The number of esters is 1. The average molecular weight is 547 g/mol. The molecule has 1 aliphatic carbocycles. The summed E-state index contributed by atoms with van der Waals surface area (Å²) in [7, 11) is 0. The van der Waals surface area contributed by atoms with Gasteiger partial charge in [0.1, 0.15) is 6.04 Å². The first-order chi connectivity index (χ1) is 18.3. The Kier molecular flexibility index (Phi) is 9.67. The van der Waals surface area contributed by atoms with Crippen LogP contribution in [0.15, 0.2) is 25.3 Å². The molecule has 4 fully saturated rings. The fraction of sp³-hybridized carbons (Fsp3) is 0.767. The summed E-state index contributed by atoms with van der Waals surface area (Å²) in [6, 6.07) is -0.438. The molecule has 3 heterocycles. The van der Waals surface area contributed by atoms with Crippen LogP contribution >= 0.6 is 11.8 Å². The van der Waals surface area contributed by atoms with Crippen LogP contribution in [0.3, 0.4) is 0 Å². The molecule has 0 aromatic heterocycles. The van der Waals surface area contributed by atoms with Crippen molar-refractivity contribution in [2.24, 2.45) is 11.8 Å². The summed E-state index contributed by atoms with van der Waals surface area (Å²) in [4.78, 5) is 45.9. The van der Waals surface area contributed by atoms with E-state index in [4.69, 9.17) is 4.74 Å². The lowest BCUT2D eigenvalue weighted by molar-refractivity contribution is -0.155. The predicted molar refractivity (Wildman–Crippen MR) is 151 cm³/mol. The van der Waals surface area contributed by atoms with Gasteiger partial charge in [-0.05, 0) is 64.7 Å². The summed E-state index contributed by atoms with van der Waals surface area (Å²) in [5.74, 6) is -1.47. The minimum absolute atomic E-state index is 0.00633. The molecule has 3 saturated heterocycles. The third kappa shape index (κ3) is 5.32. The zero-order valence-electron chi connectivity index (χ0n) is 23.1. The molecule has 4 rings (SSSR count). The predicted octanol–water partition coefficient (Wildman–Crippen LogP) is 4.49. The van der Waals surface area contributed by atoms with E-state index < -0.39 is 27.4 Å². The Hall–Kier alpha value is -1.80. The number of hydrogen-bond donors (Lipinski definition) is 1. The van der Waals surface area contributed by atoms with Gasteiger partial charge in [-0.25, -0.2) is 0 Å². The number of ether oxygens (including phenoxy) is 1. The average Bonchev–Trinajstić information content (AvgIpc) is 3.48. The molecule has 3 aliphatic heterocycles. The molecule has 38 heavy (non-hydrogen) atoms. The van der Waals surface area contributed by atoms with Gasteiger partial charge in [0.05, 0.1) is 23.2 Å². The normalized spacial score (nSPS) is 32.3. The highest BCUT2D eigenvalue weighted by atomic mass is 32.2. The number of thioether (sulfide) groups is 1. The van der Waals surface area contributed by atoms with E-state index in [2.05, 4.69) is 20.1 Å². The van der Waals surface area contributed by atoms with Crippen LogP contribution in [-0.2, 0) is 19.1 Å². The van der Waals surface area contributed by atoms with Crippen LogP contribution in [-0.4, -0.2) is 80.6 Å². The number of carbonyl (C=O) groups is 3. The summed E-state index contributed by atoms with van der Waals surface area (Å²) in [6.07, 6.45) is 14.3. The molecule has 1 saturated carbocycles. The highest BCUT2D eigenvalue weighted by Gasteiger charge is 2.77. The maximum Gasteiger partial charge on any atom is 0.311 e. The van der Waals surface area contributed by atoms with Crippen LogP contribution in [0.25, 0.3) is 0 Å². The first-order valence-electron chi connectivity index (χ1n) is 14.6. The number of aliphatic hydroxyl groups is 1. The molecule has 1 spiro atoms. The Bertz CT molecular complexity index is 905. The highest BCUT2D eigenvalue weighted by Crippen LogP contribution is 2.71. The van der Waals surface area contributed by atoms with Gasteiger partial charge in [0.25, 0.3) is 0 Å². The van der Waals surface area contributed by atoms with Crippen molar-refractivity contribution < 1.29 is 24.2 Å². The maximum atomic E-state index is 14.5. The molecular weight excluding hydrogens is 500 g/mol. The standard InChI is InChI=1S/C30H46N2O5S/c1-4-6-7-13-21-37-28(36)24-23-26(34)32(19-11-12-20-33)25(30(23)17-16-29(24,3)38-30)27(35)31(18-5-2)22-14-9-8-10-15-22/h4-5,22-25,33H,1-2,6-21H2,3H3/t23-,24+,25?,29-,30?/m0/s1. The van der Waals surface area contributed by atoms with Gasteiger partial charge in [-0.2, -0.15) is 0 Å². The van der Waals surface area contributed by atoms with E-state index in [0.29, 0.717) is 32.5 Å². The minimum atomic E-state index is -0.622. The summed E-state index contributed by atoms with van der Waals surface area (Å²) in [6.45, 7) is 11.0. The van der Waals surface area contributed by atoms with Crippen molar-refractivity contribution in [2.75, 3.05) is 26.3 Å². The van der Waals surface area contributed by atoms with Crippen molar-refractivity contribution in [1.82, 2.24) is 9.80 Å². The molecule has 212 valence electrons. The van der Waals surface area contributed by atoms with Gasteiger partial charge in [0.2, 0.25) is 11.8 Å². The Morgan fingerprint density at radius 1 is 1.13 bits per heavy atom. The van der Waals surface area contributed by atoms with Crippen molar-refractivity contribution in [3.8, 4) is 0 Å². The second-order valence-electron chi connectivity index (χ2n) is 11.7. The van der Waals surface area contributed by atoms with Crippen molar-refractivity contribution >= 4 is 29.5 Å². The molecular formula is C30H46N2O5S. The lowest BCUT2D eigenvalue weighted by Crippen LogP contribution is -2.57. The van der Waals surface area contributed by atoms with Gasteiger partial charge in [0.15, 0.2) is 0 Å². The molecule has 4 aliphatic rings. The van der Waals surface area contributed by atoms with Crippen molar-refractivity contribution in [2.45, 2.75) is 106 Å². The smallest absolute Gasteiger partial charge is 0.311 e. The molecule has 8 heteroatoms. The third-order valence-electron chi connectivity index (χ3n) is 9.24. The number of unbranched alkanes of at least 4 members (excludes halogenated alkanes) is 3. The quantitative estimate of drug-likeness (QED) is 0.196. The topological polar surface area (TPSA) is 87.1 Å². The third-order valence-corrected chi connectivity index (χ3v) is 11.2. The lowest BCUT2D eigenvalue weighted by Gasteiger charge is -2.41. The summed E-state index contributed by atoms with van der Waals surface area (Å²) < 4.78 is 4.72. The molecule has 2 unspecified atom stereocenters. The summed E-state index contributed by atoms with van der Waals surface area (Å²) >= 11 is 1.70. The first-order valence-corrected chi connectivity index (χ1v) is 15.5. The van der Waals surface area contributed by atoms with E-state index in [0.717, 1.165) is 57.8 Å². The molecule has 0 radical (unpaired) electrons. The van der Waals surface area contributed by atoms with E-state index in [-0.39, 0.29) is 30.4 Å². The van der Waals surface area contributed by atoms with Crippen LogP contribution in [0.2, 0.25) is 0 Å². The highest BCUT2D eigenvalue weighted by molar-refractivity contribution is 8.02. The second-order valence-corrected chi connectivity index (χ2v) is 13.6. The van der Waals surface area contributed by atoms with Gasteiger partial charge in [-0.1, -0.05) is 31.4 Å². The first kappa shape index (κ1) is 29.2. The van der Waals surface area contributed by atoms with Gasteiger partial charge in [-0.3, -0.25) is 14.4 Å². The van der Waals surface area contributed by atoms with Crippen LogP contribution in [0.1, 0.15) is 84.0 Å². The number of nitrogens with zero attached hydrogens (tertiary/aromatic N) is 2. The van der Waals surface area contributed by atoms with E-state index in [1.807, 2.05) is 11.0 Å². The van der Waals surface area contributed by atoms with Crippen LogP contribution < -0.4 is 0 Å². The zero-order valence-corrected chi connectivity index (χ0v) is 23.9.